The number of rotatable bonds is 8. The van der Waals surface area contributed by atoms with Crippen molar-refractivity contribution in [3.05, 3.63) is 12.7 Å². The second kappa shape index (κ2) is 9.91. The first-order valence-electron chi connectivity index (χ1n) is 9.41. The second-order valence-electron chi connectivity index (χ2n) is 7.18. The maximum absolute atomic E-state index is 14.6. The zero-order chi connectivity index (χ0) is 18.4. The zero-order valence-electron chi connectivity index (χ0n) is 14.9. The topological polar surface area (TPSA) is 18.5 Å². The number of hydrogen-bond donors (Lipinski definition) is 0. The van der Waals surface area contributed by atoms with Crippen LogP contribution in [-0.2, 0) is 9.47 Å². The van der Waals surface area contributed by atoms with E-state index >= 15 is 0 Å². The average molecular weight is 366 g/mol. The van der Waals surface area contributed by atoms with Gasteiger partial charge in [-0.2, -0.15) is 0 Å². The Kier molecular flexibility index (Phi) is 8.20. The number of alkyl halides is 4. The van der Waals surface area contributed by atoms with Gasteiger partial charge < -0.3 is 9.47 Å². The van der Waals surface area contributed by atoms with Crippen LogP contribution in [0.25, 0.3) is 0 Å². The fourth-order valence-electron chi connectivity index (χ4n) is 4.05. The normalized spacial score (nSPS) is 42.3. The van der Waals surface area contributed by atoms with E-state index in [0.29, 0.717) is 32.3 Å². The molecule has 6 heteroatoms. The van der Waals surface area contributed by atoms with E-state index in [-0.39, 0.29) is 6.61 Å². The molecule has 0 aliphatic heterocycles. The molecule has 2 rings (SSSR count). The quantitative estimate of drug-likeness (QED) is 0.345. The van der Waals surface area contributed by atoms with Gasteiger partial charge in [0.2, 0.25) is 0 Å². The minimum absolute atomic E-state index is 0.154. The zero-order valence-corrected chi connectivity index (χ0v) is 14.9. The van der Waals surface area contributed by atoms with E-state index in [9.17, 15) is 17.6 Å². The fraction of sp³-hybridized carbons (Fsp3) is 0.895. The van der Waals surface area contributed by atoms with Crippen LogP contribution < -0.4 is 0 Å². The Morgan fingerprint density at radius 2 is 1.36 bits per heavy atom. The Bertz CT molecular complexity index is 409. The molecule has 0 N–H and O–H groups in total. The highest BCUT2D eigenvalue weighted by Crippen LogP contribution is 2.44. The summed E-state index contributed by atoms with van der Waals surface area (Å²) in [6.07, 6.45) is -4.30. The van der Waals surface area contributed by atoms with Gasteiger partial charge in [-0.15, -0.1) is 6.58 Å². The number of unbranched alkanes of at least 4 members (excludes halogenated alkanes) is 1. The molecule has 25 heavy (non-hydrogen) atoms. The lowest BCUT2D eigenvalue weighted by Crippen LogP contribution is -2.51. The first kappa shape index (κ1) is 20.7. The molecule has 0 aromatic carbocycles. The number of ether oxygens (including phenoxy) is 2. The van der Waals surface area contributed by atoms with Gasteiger partial charge in [0, 0.05) is 6.61 Å². The molecule has 8 unspecified atom stereocenters. The molecule has 0 aromatic heterocycles. The van der Waals surface area contributed by atoms with Crippen LogP contribution in [0.15, 0.2) is 12.7 Å². The monoisotopic (exact) mass is 366 g/mol. The van der Waals surface area contributed by atoms with Crippen molar-refractivity contribution < 1.29 is 27.0 Å². The van der Waals surface area contributed by atoms with Crippen molar-refractivity contribution in [2.24, 2.45) is 11.8 Å². The van der Waals surface area contributed by atoms with Crippen molar-refractivity contribution in [2.75, 3.05) is 13.2 Å². The van der Waals surface area contributed by atoms with E-state index in [2.05, 4.69) is 6.58 Å². The molecule has 0 aromatic rings. The van der Waals surface area contributed by atoms with Gasteiger partial charge >= 0.3 is 0 Å². The van der Waals surface area contributed by atoms with Crippen LogP contribution in [0.5, 0.6) is 0 Å². The summed E-state index contributed by atoms with van der Waals surface area (Å²) >= 11 is 0. The maximum atomic E-state index is 14.6. The van der Waals surface area contributed by atoms with Crippen LogP contribution in [-0.4, -0.2) is 50.1 Å². The largest absolute Gasteiger partial charge is 0.375 e. The molecule has 0 saturated heterocycles. The predicted octanol–water partition coefficient (Wildman–Crippen LogP) is 4.92. The third-order valence-corrected chi connectivity index (χ3v) is 5.51. The fourth-order valence-corrected chi connectivity index (χ4v) is 4.05. The summed E-state index contributed by atoms with van der Waals surface area (Å²) < 4.78 is 68.5. The highest BCUT2D eigenvalue weighted by atomic mass is 19.2. The van der Waals surface area contributed by atoms with E-state index in [1.54, 1.807) is 0 Å². The lowest BCUT2D eigenvalue weighted by molar-refractivity contribution is -0.119. The Morgan fingerprint density at radius 3 is 1.84 bits per heavy atom. The third kappa shape index (κ3) is 4.97. The molecule has 8 atom stereocenters. The van der Waals surface area contributed by atoms with E-state index in [1.165, 1.54) is 6.08 Å². The number of halogens is 4. The van der Waals surface area contributed by atoms with Crippen LogP contribution in [0.4, 0.5) is 17.6 Å². The molecule has 0 bridgehead atoms. The summed E-state index contributed by atoms with van der Waals surface area (Å²) in [4.78, 5) is 0. The van der Waals surface area contributed by atoms with Gasteiger partial charge in [-0.05, 0) is 43.9 Å². The van der Waals surface area contributed by atoms with Crippen LogP contribution in [0.2, 0.25) is 0 Å². The smallest absolute Gasteiger partial charge is 0.157 e. The minimum Gasteiger partial charge on any atom is -0.375 e. The lowest BCUT2D eigenvalue weighted by Gasteiger charge is -2.43. The average Bonchev–Trinajstić information content (AvgIpc) is 2.61. The van der Waals surface area contributed by atoms with E-state index in [4.69, 9.17) is 9.47 Å². The molecule has 0 heterocycles. The molecule has 2 aliphatic rings. The van der Waals surface area contributed by atoms with Crippen LogP contribution in [0, 0.1) is 11.8 Å². The van der Waals surface area contributed by atoms with Gasteiger partial charge in [0.1, 0.15) is 12.3 Å². The van der Waals surface area contributed by atoms with Crippen molar-refractivity contribution in [2.45, 2.75) is 82.3 Å². The van der Waals surface area contributed by atoms with Gasteiger partial charge in [0.15, 0.2) is 12.3 Å². The lowest BCUT2D eigenvalue weighted by atomic mass is 9.69. The molecule has 2 aliphatic carbocycles. The summed E-state index contributed by atoms with van der Waals surface area (Å²) in [5.74, 6) is -1.60. The van der Waals surface area contributed by atoms with Crippen molar-refractivity contribution in [1.29, 1.82) is 0 Å². The SMILES string of the molecule is C=CCOC1CCC(C2CCC(OCCCC)C(F)C2F)C(F)C1F. The van der Waals surface area contributed by atoms with Crippen LogP contribution in [0.3, 0.4) is 0 Å². The Balaban J connectivity index is 1.92. The Labute approximate surface area is 147 Å². The summed E-state index contributed by atoms with van der Waals surface area (Å²) in [7, 11) is 0. The Morgan fingerprint density at radius 1 is 0.840 bits per heavy atom. The van der Waals surface area contributed by atoms with E-state index in [1.807, 2.05) is 6.92 Å². The molecule has 2 saturated carbocycles. The van der Waals surface area contributed by atoms with Crippen molar-refractivity contribution in [3.8, 4) is 0 Å². The highest BCUT2D eigenvalue weighted by Gasteiger charge is 2.50. The van der Waals surface area contributed by atoms with Crippen molar-refractivity contribution >= 4 is 0 Å². The molecule has 146 valence electrons. The summed E-state index contributed by atoms with van der Waals surface area (Å²) in [6.45, 7) is 6.04. The first-order valence-corrected chi connectivity index (χ1v) is 9.41. The molecule has 0 spiro atoms. The molecule has 0 amide bonds. The first-order chi connectivity index (χ1) is 12.0. The van der Waals surface area contributed by atoms with Gasteiger partial charge in [-0.1, -0.05) is 19.4 Å². The second-order valence-corrected chi connectivity index (χ2v) is 7.18. The molecular formula is C19H30F4O2. The van der Waals surface area contributed by atoms with E-state index in [0.717, 1.165) is 12.8 Å². The highest BCUT2D eigenvalue weighted by molar-refractivity contribution is 4.98. The van der Waals surface area contributed by atoms with Gasteiger partial charge in [0.05, 0.1) is 18.8 Å². The maximum Gasteiger partial charge on any atom is 0.157 e. The van der Waals surface area contributed by atoms with Crippen molar-refractivity contribution in [1.82, 2.24) is 0 Å². The van der Waals surface area contributed by atoms with Crippen LogP contribution in [0.1, 0.15) is 45.4 Å². The predicted molar refractivity (Wildman–Crippen MR) is 89.6 cm³/mol. The third-order valence-electron chi connectivity index (χ3n) is 5.51. The molecule has 2 nitrogen and oxygen atoms in total. The summed E-state index contributed by atoms with van der Waals surface area (Å²) in [5, 5.41) is 0. The molecular weight excluding hydrogens is 336 g/mol. The Hall–Kier alpha value is -0.620. The van der Waals surface area contributed by atoms with Crippen molar-refractivity contribution in [3.63, 3.8) is 0 Å². The summed E-state index contributed by atoms with van der Waals surface area (Å²) in [5.41, 5.74) is 0. The van der Waals surface area contributed by atoms with Gasteiger partial charge in [-0.25, -0.2) is 17.6 Å². The minimum atomic E-state index is -1.82. The molecule has 0 radical (unpaired) electrons. The van der Waals surface area contributed by atoms with Gasteiger partial charge in [0.25, 0.3) is 0 Å². The van der Waals surface area contributed by atoms with Gasteiger partial charge in [-0.3, -0.25) is 0 Å². The summed E-state index contributed by atoms with van der Waals surface area (Å²) in [6, 6.07) is 0. The standard InChI is InChI=1S/C19H30F4O2/c1-3-5-11-25-15-9-7-13(17(21)19(15)23)12-6-8-14(24-10-4-2)18(22)16(12)20/h4,12-19H,2-3,5-11H2,1H3. The molecule has 2 fully saturated rings. The van der Waals surface area contributed by atoms with Crippen LogP contribution >= 0.6 is 0 Å². The van der Waals surface area contributed by atoms with E-state index < -0.39 is 48.7 Å². The number of hydrogen-bond acceptors (Lipinski definition) is 2.